The second-order valence-corrected chi connectivity index (χ2v) is 4.23. The van der Waals surface area contributed by atoms with E-state index in [1.807, 2.05) is 13.8 Å². The summed E-state index contributed by atoms with van der Waals surface area (Å²) in [5.74, 6) is 0.723. The van der Waals surface area contributed by atoms with E-state index in [2.05, 4.69) is 71.2 Å². The van der Waals surface area contributed by atoms with Crippen molar-refractivity contribution in [3.05, 3.63) is 54.6 Å². The molecular weight excluding hydrogens is 216 g/mol. The van der Waals surface area contributed by atoms with E-state index in [0.717, 1.165) is 5.92 Å². The molecule has 18 heavy (non-hydrogen) atoms. The van der Waals surface area contributed by atoms with Crippen molar-refractivity contribution < 1.29 is 0 Å². The Balaban J connectivity index is 0. The molecule has 1 rings (SSSR count). The largest absolute Gasteiger partial charge is 0.106 e. The van der Waals surface area contributed by atoms with Gasteiger partial charge in [0.2, 0.25) is 0 Å². The number of aryl methyl sites for hydroxylation is 1. The predicted molar refractivity (Wildman–Crippen MR) is 86.9 cm³/mol. The van der Waals surface area contributed by atoms with Crippen LogP contribution >= 0.6 is 0 Å². The molecular formula is C18H30. The number of rotatable bonds is 3. The molecule has 0 aliphatic carbocycles. The average Bonchev–Trinajstić information content (AvgIpc) is 2.41. The fraction of sp³-hybridized carbons (Fsp3) is 0.444. The Bertz CT molecular complexity index is 332. The summed E-state index contributed by atoms with van der Waals surface area (Å²) in [5, 5.41) is 0. The number of hydrogen-bond donors (Lipinski definition) is 0. The molecule has 0 heteroatoms. The molecule has 0 amide bonds. The molecule has 0 N–H and O–H groups in total. The van der Waals surface area contributed by atoms with Crippen LogP contribution in [0.15, 0.2) is 43.5 Å². The lowest BCUT2D eigenvalue weighted by Gasteiger charge is -2.12. The minimum Gasteiger partial charge on any atom is -0.106 e. The molecule has 0 spiro atoms. The van der Waals surface area contributed by atoms with Gasteiger partial charge in [-0.25, -0.2) is 0 Å². The maximum absolute atomic E-state index is 3.00. The highest BCUT2D eigenvalue weighted by molar-refractivity contribution is 5.67. The first-order valence-electron chi connectivity index (χ1n) is 6.86. The van der Waals surface area contributed by atoms with Gasteiger partial charge in [-0.3, -0.25) is 0 Å². The van der Waals surface area contributed by atoms with Gasteiger partial charge in [0.05, 0.1) is 0 Å². The third-order valence-corrected chi connectivity index (χ3v) is 2.47. The van der Waals surface area contributed by atoms with Gasteiger partial charge in [0.15, 0.2) is 0 Å². The van der Waals surface area contributed by atoms with E-state index < -0.39 is 0 Å². The smallest absolute Gasteiger partial charge is 0.0198 e. The van der Waals surface area contributed by atoms with E-state index in [0.29, 0.717) is 0 Å². The number of allylic oxidation sites excluding steroid dienone is 2. The van der Waals surface area contributed by atoms with Crippen LogP contribution in [0.5, 0.6) is 0 Å². The number of hydrogen-bond acceptors (Lipinski definition) is 0. The monoisotopic (exact) mass is 246 g/mol. The molecule has 0 radical (unpaired) electrons. The fourth-order valence-electron chi connectivity index (χ4n) is 1.76. The molecule has 0 nitrogen and oxygen atoms in total. The van der Waals surface area contributed by atoms with Crippen molar-refractivity contribution in [1.29, 1.82) is 0 Å². The lowest BCUT2D eigenvalue weighted by Crippen LogP contribution is -1.93. The fourth-order valence-corrected chi connectivity index (χ4v) is 1.76. The maximum Gasteiger partial charge on any atom is -0.0198 e. The topological polar surface area (TPSA) is 0 Å². The molecule has 1 aromatic carbocycles. The summed E-state index contributed by atoms with van der Waals surface area (Å²) < 4.78 is 0. The Labute approximate surface area is 114 Å². The first-order valence-corrected chi connectivity index (χ1v) is 6.86. The van der Waals surface area contributed by atoms with Crippen molar-refractivity contribution in [1.82, 2.24) is 0 Å². The summed E-state index contributed by atoms with van der Waals surface area (Å²) in [6.07, 6.45) is 3.41. The van der Waals surface area contributed by atoms with Gasteiger partial charge in [-0.2, -0.15) is 0 Å². The third kappa shape index (κ3) is 7.11. The summed E-state index contributed by atoms with van der Waals surface area (Å²) in [7, 11) is 0. The van der Waals surface area contributed by atoms with Gasteiger partial charge in [-0.15, -0.1) is 13.2 Å². The van der Waals surface area contributed by atoms with E-state index in [1.165, 1.54) is 23.1 Å². The van der Waals surface area contributed by atoms with Crippen LogP contribution in [-0.2, 0) is 0 Å². The van der Waals surface area contributed by atoms with Crippen LogP contribution in [0.2, 0.25) is 0 Å². The minimum atomic E-state index is 0.723. The van der Waals surface area contributed by atoms with Crippen molar-refractivity contribution in [3.63, 3.8) is 0 Å². The summed E-state index contributed by atoms with van der Waals surface area (Å²) >= 11 is 0. The summed E-state index contributed by atoms with van der Waals surface area (Å²) in [6, 6.07) is 8.61. The predicted octanol–water partition coefficient (Wildman–Crippen LogP) is 6.27. The van der Waals surface area contributed by atoms with Crippen molar-refractivity contribution >= 4 is 5.57 Å². The van der Waals surface area contributed by atoms with Gasteiger partial charge in [0.25, 0.3) is 0 Å². The normalized spacial score (nSPS) is 10.1. The van der Waals surface area contributed by atoms with Crippen molar-refractivity contribution in [2.24, 2.45) is 5.92 Å². The zero-order valence-electron chi connectivity index (χ0n) is 13.1. The molecule has 0 heterocycles. The van der Waals surface area contributed by atoms with Crippen LogP contribution in [0.25, 0.3) is 5.57 Å². The van der Waals surface area contributed by atoms with Gasteiger partial charge < -0.3 is 0 Å². The molecule has 0 aliphatic rings. The molecule has 0 bridgehead atoms. The zero-order valence-corrected chi connectivity index (χ0v) is 13.1. The molecule has 1 aromatic rings. The van der Waals surface area contributed by atoms with E-state index in [1.54, 1.807) is 0 Å². The van der Waals surface area contributed by atoms with Gasteiger partial charge >= 0.3 is 0 Å². The van der Waals surface area contributed by atoms with Crippen LogP contribution in [0.3, 0.4) is 0 Å². The van der Waals surface area contributed by atoms with Crippen LogP contribution < -0.4 is 0 Å². The lowest BCUT2D eigenvalue weighted by atomic mass is 9.93. The standard InChI is InChI=1S/C14H20.C2H6.C2H4/c1-5-13(10-11(2)3)14-9-7-6-8-12(14)4;2*1-2/h5-9,11H,10H2,1-4H3;1-2H3;1-2H2/b13-5-;;. The maximum atomic E-state index is 3.00. The highest BCUT2D eigenvalue weighted by Gasteiger charge is 2.05. The van der Waals surface area contributed by atoms with E-state index in [-0.39, 0.29) is 0 Å². The van der Waals surface area contributed by atoms with Crippen LogP contribution in [0, 0.1) is 12.8 Å². The Kier molecular flexibility index (Phi) is 12.9. The van der Waals surface area contributed by atoms with E-state index in [9.17, 15) is 0 Å². The Morgan fingerprint density at radius 2 is 1.67 bits per heavy atom. The molecule has 0 saturated heterocycles. The number of benzene rings is 1. The molecule has 0 aliphatic heterocycles. The third-order valence-electron chi connectivity index (χ3n) is 2.47. The van der Waals surface area contributed by atoms with Crippen LogP contribution in [0.4, 0.5) is 0 Å². The summed E-state index contributed by atoms with van der Waals surface area (Å²) in [6.45, 7) is 18.8. The van der Waals surface area contributed by atoms with E-state index in [4.69, 9.17) is 0 Å². The Morgan fingerprint density at radius 1 is 1.17 bits per heavy atom. The van der Waals surface area contributed by atoms with Gasteiger partial charge in [-0.05, 0) is 42.9 Å². The first kappa shape index (κ1) is 19.0. The second kappa shape index (κ2) is 12.2. The Morgan fingerprint density at radius 3 is 2.06 bits per heavy atom. The van der Waals surface area contributed by atoms with Gasteiger partial charge in [0, 0.05) is 0 Å². The van der Waals surface area contributed by atoms with Crippen LogP contribution in [0.1, 0.15) is 52.2 Å². The lowest BCUT2D eigenvalue weighted by molar-refractivity contribution is 0.673. The van der Waals surface area contributed by atoms with Crippen LogP contribution in [-0.4, -0.2) is 0 Å². The van der Waals surface area contributed by atoms with Crippen molar-refractivity contribution in [2.45, 2.75) is 48.0 Å². The first-order chi connectivity index (χ1) is 8.65. The van der Waals surface area contributed by atoms with Gasteiger partial charge in [-0.1, -0.05) is 58.0 Å². The minimum absolute atomic E-state index is 0.723. The van der Waals surface area contributed by atoms with Crippen molar-refractivity contribution in [3.8, 4) is 0 Å². The summed E-state index contributed by atoms with van der Waals surface area (Å²) in [5.41, 5.74) is 4.25. The highest BCUT2D eigenvalue weighted by Crippen LogP contribution is 2.24. The molecule has 0 atom stereocenters. The molecule has 0 aromatic heterocycles. The van der Waals surface area contributed by atoms with Crippen molar-refractivity contribution in [2.75, 3.05) is 0 Å². The molecule has 0 unspecified atom stereocenters. The molecule has 0 saturated carbocycles. The molecule has 102 valence electrons. The quantitative estimate of drug-likeness (QED) is 0.551. The van der Waals surface area contributed by atoms with Gasteiger partial charge in [0.1, 0.15) is 0 Å². The SMILES string of the molecule is C/C=C(/CC(C)C)c1ccccc1C.C=C.CC. The summed E-state index contributed by atoms with van der Waals surface area (Å²) in [4.78, 5) is 0. The molecule has 0 fully saturated rings. The van der Waals surface area contributed by atoms with E-state index >= 15 is 0 Å². The second-order valence-electron chi connectivity index (χ2n) is 4.23. The highest BCUT2D eigenvalue weighted by atomic mass is 14.1. The average molecular weight is 246 g/mol. The zero-order chi connectivity index (χ0) is 14.6. The Hall–Kier alpha value is -1.30.